The minimum Gasteiger partial charge on any atom is -0.378 e. The lowest BCUT2D eigenvalue weighted by molar-refractivity contribution is 0.102. The highest BCUT2D eigenvalue weighted by molar-refractivity contribution is 6.05. The Morgan fingerprint density at radius 1 is 0.889 bits per heavy atom. The van der Waals surface area contributed by atoms with E-state index in [4.69, 9.17) is 9.47 Å². The molecule has 0 spiro atoms. The van der Waals surface area contributed by atoms with Crippen molar-refractivity contribution in [2.24, 2.45) is 0 Å². The topological polar surface area (TPSA) is 79.8 Å². The summed E-state index contributed by atoms with van der Waals surface area (Å²) in [5.74, 6) is 0.410. The maximum Gasteiger partial charge on any atom is 0.258 e. The Kier molecular flexibility index (Phi) is 5.45. The Hall–Kier alpha value is -2.71. The number of para-hydroxylation sites is 2. The van der Waals surface area contributed by atoms with E-state index in [1.807, 2.05) is 24.3 Å². The van der Waals surface area contributed by atoms with Crippen LogP contribution in [0.3, 0.4) is 0 Å². The molecule has 0 radical (unpaired) electrons. The van der Waals surface area contributed by atoms with Crippen LogP contribution < -0.4 is 15.1 Å². The Labute approximate surface area is 158 Å². The van der Waals surface area contributed by atoms with Crippen LogP contribution in [0.25, 0.3) is 0 Å². The van der Waals surface area contributed by atoms with Gasteiger partial charge in [-0.1, -0.05) is 12.1 Å². The summed E-state index contributed by atoms with van der Waals surface area (Å²) < 4.78 is 10.8. The van der Waals surface area contributed by atoms with Crippen LogP contribution in [0, 0.1) is 0 Å². The van der Waals surface area contributed by atoms with Crippen molar-refractivity contribution < 1.29 is 14.3 Å². The number of nitrogens with zero attached hydrogens (tertiary/aromatic N) is 4. The van der Waals surface area contributed by atoms with Crippen molar-refractivity contribution in [3.63, 3.8) is 0 Å². The fourth-order valence-corrected chi connectivity index (χ4v) is 3.22. The first kappa shape index (κ1) is 17.7. The van der Waals surface area contributed by atoms with E-state index >= 15 is 0 Å². The number of amides is 1. The predicted molar refractivity (Wildman–Crippen MR) is 102 cm³/mol. The molecule has 8 heteroatoms. The van der Waals surface area contributed by atoms with E-state index in [0.717, 1.165) is 37.6 Å². The minimum absolute atomic E-state index is 0.218. The Bertz CT molecular complexity index is 771. The number of nitrogens with one attached hydrogen (secondary N) is 1. The monoisotopic (exact) mass is 369 g/mol. The largest absolute Gasteiger partial charge is 0.378 e. The lowest BCUT2D eigenvalue weighted by Gasteiger charge is -2.30. The molecule has 0 bridgehead atoms. The first-order chi connectivity index (χ1) is 13.3. The predicted octanol–water partition coefficient (Wildman–Crippen LogP) is 1.40. The number of rotatable bonds is 4. The molecular formula is C19H23N5O3. The number of morpholine rings is 2. The maximum atomic E-state index is 12.7. The summed E-state index contributed by atoms with van der Waals surface area (Å²) in [5, 5.41) is 2.99. The third kappa shape index (κ3) is 4.17. The van der Waals surface area contributed by atoms with Crippen LogP contribution in [0.1, 0.15) is 10.4 Å². The van der Waals surface area contributed by atoms with Gasteiger partial charge < -0.3 is 24.6 Å². The molecule has 1 aromatic carbocycles. The van der Waals surface area contributed by atoms with Crippen LogP contribution in [-0.2, 0) is 9.47 Å². The summed E-state index contributed by atoms with van der Waals surface area (Å²) in [5.41, 5.74) is 2.21. The van der Waals surface area contributed by atoms with E-state index in [1.54, 1.807) is 12.4 Å². The molecule has 3 heterocycles. The summed E-state index contributed by atoms with van der Waals surface area (Å²) in [6.07, 6.45) is 3.15. The summed E-state index contributed by atoms with van der Waals surface area (Å²) in [6.45, 7) is 5.87. The van der Waals surface area contributed by atoms with Crippen LogP contribution in [0.5, 0.6) is 0 Å². The van der Waals surface area contributed by atoms with Crippen LogP contribution in [0.2, 0.25) is 0 Å². The lowest BCUT2D eigenvalue weighted by atomic mass is 10.2. The van der Waals surface area contributed by atoms with Gasteiger partial charge in [0.25, 0.3) is 5.91 Å². The molecule has 0 saturated carbocycles. The quantitative estimate of drug-likeness (QED) is 0.873. The van der Waals surface area contributed by atoms with Gasteiger partial charge in [0.2, 0.25) is 5.95 Å². The van der Waals surface area contributed by atoms with E-state index < -0.39 is 0 Å². The SMILES string of the molecule is O=C(Nc1ccccc1N1CCOCC1)c1cnc(N2CCOCC2)nc1. The second-order valence-electron chi connectivity index (χ2n) is 6.44. The first-order valence-electron chi connectivity index (χ1n) is 9.19. The standard InChI is InChI=1S/C19H23N5O3/c25-18(15-13-20-19(21-14-15)24-7-11-27-12-8-24)22-16-3-1-2-4-17(16)23-5-9-26-10-6-23/h1-4,13-14H,5-12H2,(H,22,25). The van der Waals surface area contributed by atoms with Gasteiger partial charge in [-0.25, -0.2) is 9.97 Å². The average Bonchev–Trinajstić information content (AvgIpc) is 2.75. The molecule has 0 atom stereocenters. The molecule has 2 saturated heterocycles. The molecule has 0 aliphatic carbocycles. The number of benzene rings is 1. The zero-order chi connectivity index (χ0) is 18.5. The van der Waals surface area contributed by atoms with E-state index in [2.05, 4.69) is 25.1 Å². The van der Waals surface area contributed by atoms with Crippen LogP contribution in [0.15, 0.2) is 36.7 Å². The molecule has 2 aromatic rings. The summed E-state index contributed by atoms with van der Waals surface area (Å²) >= 11 is 0. The van der Waals surface area contributed by atoms with Gasteiger partial charge in [-0.3, -0.25) is 4.79 Å². The number of hydrogen-bond acceptors (Lipinski definition) is 7. The van der Waals surface area contributed by atoms with Crippen LogP contribution in [-0.4, -0.2) is 68.5 Å². The Morgan fingerprint density at radius 3 is 2.15 bits per heavy atom. The zero-order valence-electron chi connectivity index (χ0n) is 15.1. The zero-order valence-corrected chi connectivity index (χ0v) is 15.1. The van der Waals surface area contributed by atoms with Crippen molar-refractivity contribution >= 4 is 23.2 Å². The maximum absolute atomic E-state index is 12.7. The molecule has 142 valence electrons. The molecule has 0 unspecified atom stereocenters. The van der Waals surface area contributed by atoms with E-state index in [0.29, 0.717) is 37.9 Å². The van der Waals surface area contributed by atoms with Gasteiger partial charge in [0, 0.05) is 38.6 Å². The first-order valence-corrected chi connectivity index (χ1v) is 9.19. The van der Waals surface area contributed by atoms with Crippen molar-refractivity contribution in [2.45, 2.75) is 0 Å². The van der Waals surface area contributed by atoms with Gasteiger partial charge in [0.05, 0.1) is 43.4 Å². The molecule has 4 rings (SSSR count). The highest BCUT2D eigenvalue weighted by Gasteiger charge is 2.18. The van der Waals surface area contributed by atoms with Gasteiger partial charge in [-0.2, -0.15) is 0 Å². The Balaban J connectivity index is 1.46. The molecule has 8 nitrogen and oxygen atoms in total. The molecule has 27 heavy (non-hydrogen) atoms. The fraction of sp³-hybridized carbons (Fsp3) is 0.421. The Morgan fingerprint density at radius 2 is 1.48 bits per heavy atom. The van der Waals surface area contributed by atoms with Crippen molar-refractivity contribution in [2.75, 3.05) is 67.7 Å². The van der Waals surface area contributed by atoms with Gasteiger partial charge in [0.15, 0.2) is 0 Å². The van der Waals surface area contributed by atoms with Crippen LogP contribution >= 0.6 is 0 Å². The average molecular weight is 369 g/mol. The molecule has 2 fully saturated rings. The number of aromatic nitrogens is 2. The summed E-state index contributed by atoms with van der Waals surface area (Å²) in [4.78, 5) is 25.6. The van der Waals surface area contributed by atoms with Gasteiger partial charge in [-0.15, -0.1) is 0 Å². The van der Waals surface area contributed by atoms with E-state index in [9.17, 15) is 4.79 Å². The minimum atomic E-state index is -0.218. The number of carbonyl (C=O) groups excluding carboxylic acids is 1. The third-order valence-electron chi connectivity index (χ3n) is 4.70. The smallest absolute Gasteiger partial charge is 0.258 e. The number of carbonyl (C=O) groups is 1. The number of anilines is 3. The van der Waals surface area contributed by atoms with Crippen molar-refractivity contribution in [3.8, 4) is 0 Å². The summed E-state index contributed by atoms with van der Waals surface area (Å²) in [7, 11) is 0. The molecule has 1 amide bonds. The molecule has 2 aliphatic heterocycles. The molecular weight excluding hydrogens is 346 g/mol. The second kappa shape index (κ2) is 8.32. The van der Waals surface area contributed by atoms with Crippen LogP contribution in [0.4, 0.5) is 17.3 Å². The van der Waals surface area contributed by atoms with Gasteiger partial charge >= 0.3 is 0 Å². The molecule has 2 aliphatic rings. The van der Waals surface area contributed by atoms with E-state index in [1.165, 1.54) is 0 Å². The highest BCUT2D eigenvalue weighted by atomic mass is 16.5. The van der Waals surface area contributed by atoms with Gasteiger partial charge in [0.1, 0.15) is 0 Å². The highest BCUT2D eigenvalue weighted by Crippen LogP contribution is 2.26. The summed E-state index contributed by atoms with van der Waals surface area (Å²) in [6, 6.07) is 7.81. The molecule has 1 aromatic heterocycles. The second-order valence-corrected chi connectivity index (χ2v) is 6.44. The van der Waals surface area contributed by atoms with E-state index in [-0.39, 0.29) is 5.91 Å². The van der Waals surface area contributed by atoms with Gasteiger partial charge in [-0.05, 0) is 12.1 Å². The fourth-order valence-electron chi connectivity index (χ4n) is 3.22. The third-order valence-corrected chi connectivity index (χ3v) is 4.70. The van der Waals surface area contributed by atoms with Crippen molar-refractivity contribution in [1.82, 2.24) is 9.97 Å². The van der Waals surface area contributed by atoms with Crippen molar-refractivity contribution in [1.29, 1.82) is 0 Å². The van der Waals surface area contributed by atoms with Crippen molar-refractivity contribution in [3.05, 3.63) is 42.2 Å². The molecule has 1 N–H and O–H groups in total. The number of hydrogen-bond donors (Lipinski definition) is 1. The number of ether oxygens (including phenoxy) is 2. The lowest BCUT2D eigenvalue weighted by Crippen LogP contribution is -2.37. The normalized spacial score (nSPS) is 17.6.